The van der Waals surface area contributed by atoms with E-state index in [-0.39, 0.29) is 40.7 Å². The highest BCUT2D eigenvalue weighted by atomic mass is 28.4. The summed E-state index contributed by atoms with van der Waals surface area (Å²) in [5, 5.41) is 13.5. The molecule has 0 saturated carbocycles. The standard InChI is InChI=1S/C33H67NO9Si3/c1-19-20-39-33(29(37)38-12)21-24(41-44(13,14)30(3,4)5)26(34-23(2)36)28(40-33)27(43-46(17,18)32(9,10)11)25(22-35)42-45(15,16)31(6,7)8/h19,24-28,35H,1,20-22H2,2-18H3,(H,34,36)/t24-,25+,26+,27+,28+,33+/m0/s1. The molecule has 270 valence electrons. The quantitative estimate of drug-likeness (QED) is 0.118. The third kappa shape index (κ3) is 10.3. The van der Waals surface area contributed by atoms with E-state index in [1.54, 1.807) is 0 Å². The van der Waals surface area contributed by atoms with Gasteiger partial charge in [-0.3, -0.25) is 4.79 Å². The van der Waals surface area contributed by atoms with Gasteiger partial charge in [0, 0.05) is 13.3 Å². The number of amides is 1. The van der Waals surface area contributed by atoms with Gasteiger partial charge < -0.3 is 37.9 Å². The van der Waals surface area contributed by atoms with E-state index in [9.17, 15) is 14.7 Å². The molecule has 1 rings (SSSR count). The van der Waals surface area contributed by atoms with Crippen molar-refractivity contribution in [2.24, 2.45) is 0 Å². The minimum Gasteiger partial charge on any atom is -0.465 e. The molecule has 1 fully saturated rings. The third-order valence-electron chi connectivity index (χ3n) is 10.5. The van der Waals surface area contributed by atoms with E-state index in [4.69, 9.17) is 27.5 Å². The van der Waals surface area contributed by atoms with Gasteiger partial charge in [0.05, 0.1) is 38.6 Å². The average Bonchev–Trinajstić information content (AvgIpc) is 2.87. The van der Waals surface area contributed by atoms with Gasteiger partial charge in [0.15, 0.2) is 25.0 Å². The van der Waals surface area contributed by atoms with Crippen molar-refractivity contribution in [2.45, 2.75) is 166 Å². The van der Waals surface area contributed by atoms with E-state index in [1.165, 1.54) is 20.1 Å². The molecular formula is C33H67NO9Si3. The van der Waals surface area contributed by atoms with E-state index in [1.807, 2.05) is 0 Å². The molecule has 0 aromatic heterocycles. The van der Waals surface area contributed by atoms with Gasteiger partial charge in [-0.25, -0.2) is 4.79 Å². The van der Waals surface area contributed by atoms with Crippen molar-refractivity contribution in [1.82, 2.24) is 5.32 Å². The minimum atomic E-state index is -2.60. The average molecular weight is 706 g/mol. The lowest BCUT2D eigenvalue weighted by Gasteiger charge is -2.54. The molecule has 0 radical (unpaired) electrons. The second-order valence-electron chi connectivity index (χ2n) is 17.2. The molecule has 0 aromatic carbocycles. The van der Waals surface area contributed by atoms with Crippen LogP contribution in [0.3, 0.4) is 0 Å². The third-order valence-corrected chi connectivity index (χ3v) is 23.9. The molecule has 1 saturated heterocycles. The van der Waals surface area contributed by atoms with Crippen LogP contribution in [0.1, 0.15) is 75.7 Å². The first-order valence-corrected chi connectivity index (χ1v) is 25.2. The molecule has 0 aliphatic carbocycles. The van der Waals surface area contributed by atoms with Crippen LogP contribution in [0.25, 0.3) is 0 Å². The smallest absolute Gasteiger partial charge is 0.366 e. The maximum Gasteiger partial charge on any atom is 0.366 e. The Bertz CT molecular complexity index is 1050. The summed E-state index contributed by atoms with van der Waals surface area (Å²) in [4.78, 5) is 26.6. The van der Waals surface area contributed by atoms with Crippen molar-refractivity contribution in [1.29, 1.82) is 0 Å². The molecule has 1 aliphatic heterocycles. The lowest BCUT2D eigenvalue weighted by Crippen LogP contribution is -2.71. The number of hydrogen-bond donors (Lipinski definition) is 2. The van der Waals surface area contributed by atoms with Crippen LogP contribution in [0.2, 0.25) is 54.4 Å². The van der Waals surface area contributed by atoms with Gasteiger partial charge in [-0.1, -0.05) is 68.4 Å². The molecule has 1 aliphatic rings. The van der Waals surface area contributed by atoms with Crippen molar-refractivity contribution in [2.75, 3.05) is 20.3 Å². The summed E-state index contributed by atoms with van der Waals surface area (Å²) in [6.45, 7) is 36.7. The zero-order valence-electron chi connectivity index (χ0n) is 32.0. The number of nitrogens with one attached hydrogen (secondary N) is 1. The molecule has 0 bridgehead atoms. The summed E-state index contributed by atoms with van der Waals surface area (Å²) in [6.07, 6.45) is -2.04. The normalized spacial score (nSPS) is 25.0. The molecule has 46 heavy (non-hydrogen) atoms. The van der Waals surface area contributed by atoms with Crippen LogP contribution in [0, 0.1) is 0 Å². The number of methoxy groups -OCH3 is 1. The fourth-order valence-electron chi connectivity index (χ4n) is 4.56. The summed E-state index contributed by atoms with van der Waals surface area (Å²) >= 11 is 0. The van der Waals surface area contributed by atoms with Crippen LogP contribution in [0.15, 0.2) is 12.7 Å². The number of rotatable bonds is 14. The summed E-state index contributed by atoms with van der Waals surface area (Å²) < 4.78 is 39.3. The first kappa shape index (κ1) is 43.1. The van der Waals surface area contributed by atoms with Crippen LogP contribution in [0.4, 0.5) is 0 Å². The monoisotopic (exact) mass is 705 g/mol. The minimum absolute atomic E-state index is 0.00289. The predicted molar refractivity (Wildman–Crippen MR) is 191 cm³/mol. The number of carbonyl (C=O) groups is 2. The van der Waals surface area contributed by atoms with Crippen LogP contribution in [0.5, 0.6) is 0 Å². The van der Waals surface area contributed by atoms with Crippen molar-refractivity contribution in [3.63, 3.8) is 0 Å². The first-order chi connectivity index (χ1) is 20.5. The summed E-state index contributed by atoms with van der Waals surface area (Å²) in [7, 11) is -6.31. The molecule has 2 N–H and O–H groups in total. The van der Waals surface area contributed by atoms with Crippen LogP contribution < -0.4 is 5.32 Å². The Balaban J connectivity index is 4.18. The lowest BCUT2D eigenvalue weighted by atomic mass is 9.88. The number of esters is 1. The molecule has 6 atom stereocenters. The lowest BCUT2D eigenvalue weighted by molar-refractivity contribution is -0.306. The van der Waals surface area contributed by atoms with Crippen molar-refractivity contribution >= 4 is 36.8 Å². The summed E-state index contributed by atoms with van der Waals surface area (Å²) in [5.41, 5.74) is 0. The van der Waals surface area contributed by atoms with Gasteiger partial charge >= 0.3 is 5.97 Å². The highest BCUT2D eigenvalue weighted by molar-refractivity contribution is 6.75. The fourth-order valence-corrected chi connectivity index (χ4v) is 8.54. The zero-order chi connectivity index (χ0) is 36.3. The van der Waals surface area contributed by atoms with E-state index < -0.39 is 67.2 Å². The molecule has 1 amide bonds. The number of carbonyl (C=O) groups excluding carboxylic acids is 2. The van der Waals surface area contributed by atoms with E-state index in [2.05, 4.69) is 113 Å². The van der Waals surface area contributed by atoms with Crippen molar-refractivity contribution in [3.05, 3.63) is 12.7 Å². The Morgan fingerprint density at radius 2 is 1.41 bits per heavy atom. The van der Waals surface area contributed by atoms with Crippen molar-refractivity contribution < 1.29 is 42.2 Å². The van der Waals surface area contributed by atoms with E-state index in [0.717, 1.165) is 0 Å². The van der Waals surface area contributed by atoms with E-state index >= 15 is 0 Å². The summed E-state index contributed by atoms with van der Waals surface area (Å²) in [6, 6.07) is -0.774. The molecule has 0 aromatic rings. The van der Waals surface area contributed by atoms with Crippen LogP contribution >= 0.6 is 0 Å². The van der Waals surface area contributed by atoms with Gasteiger partial charge in [-0.05, 0) is 54.4 Å². The molecular weight excluding hydrogens is 639 g/mol. The molecule has 0 unspecified atom stereocenters. The number of hydrogen-bond acceptors (Lipinski definition) is 9. The van der Waals surface area contributed by atoms with Crippen LogP contribution in [-0.2, 0) is 37.1 Å². The van der Waals surface area contributed by atoms with Gasteiger partial charge in [0.1, 0.15) is 12.2 Å². The van der Waals surface area contributed by atoms with Gasteiger partial charge in [-0.2, -0.15) is 0 Å². The second-order valence-corrected chi connectivity index (χ2v) is 31.5. The molecule has 1 heterocycles. The largest absolute Gasteiger partial charge is 0.465 e. The zero-order valence-corrected chi connectivity index (χ0v) is 35.0. The highest BCUT2D eigenvalue weighted by Gasteiger charge is 2.60. The topological polar surface area (TPSA) is 122 Å². The Morgan fingerprint density at radius 1 is 0.935 bits per heavy atom. The van der Waals surface area contributed by atoms with E-state index in [0.29, 0.717) is 0 Å². The highest BCUT2D eigenvalue weighted by Crippen LogP contribution is 2.45. The SMILES string of the molecule is C=CCO[C@]1(C(=O)OC)C[C@H](O[Si](C)(C)C(C)(C)C)[C@@H](NC(C)=O)[C@H]([C@H](O[Si](C)(C)C(C)(C)C)[C@@H](CO)O[Si](C)(C)C(C)(C)C)O1. The van der Waals surface area contributed by atoms with Crippen LogP contribution in [-0.4, -0.2) is 98.5 Å². The Kier molecular flexibility index (Phi) is 14.4. The maximum absolute atomic E-state index is 13.7. The number of ether oxygens (including phenoxy) is 3. The maximum atomic E-state index is 13.7. The Labute approximate surface area is 283 Å². The number of aliphatic hydroxyl groups excluding tert-OH is 1. The Hall–Kier alpha value is -0.909. The molecule has 10 nitrogen and oxygen atoms in total. The predicted octanol–water partition coefficient (Wildman–Crippen LogP) is 6.52. The molecule has 0 spiro atoms. The van der Waals surface area contributed by atoms with Gasteiger partial charge in [0.25, 0.3) is 5.79 Å². The first-order valence-electron chi connectivity index (χ1n) is 16.4. The summed E-state index contributed by atoms with van der Waals surface area (Å²) in [5.74, 6) is -2.93. The van der Waals surface area contributed by atoms with Crippen molar-refractivity contribution in [3.8, 4) is 0 Å². The molecule has 13 heteroatoms. The van der Waals surface area contributed by atoms with Gasteiger partial charge in [0.2, 0.25) is 5.91 Å². The van der Waals surface area contributed by atoms with Gasteiger partial charge in [-0.15, -0.1) is 6.58 Å². The fraction of sp³-hybridized carbons (Fsp3) is 0.879. The number of aliphatic hydroxyl groups is 1. The second kappa shape index (κ2) is 15.3. The Morgan fingerprint density at radius 3 is 1.80 bits per heavy atom.